The van der Waals surface area contributed by atoms with Crippen LogP contribution in [0, 0.1) is 0 Å². The van der Waals surface area contributed by atoms with Crippen molar-refractivity contribution < 1.29 is 27.1 Å². The minimum absolute atomic E-state index is 0.182. The summed E-state index contributed by atoms with van der Waals surface area (Å²) in [5.41, 5.74) is -1.05. The maximum Gasteiger partial charge on any atom is 0.336 e. The Bertz CT molecular complexity index is 654. The summed E-state index contributed by atoms with van der Waals surface area (Å²) in [5.74, 6) is -1.81. The smallest absolute Gasteiger partial charge is 0.336 e. The summed E-state index contributed by atoms with van der Waals surface area (Å²) in [6, 6.07) is 1.89. The molecule has 0 fully saturated rings. The molecule has 1 N–H and O–H groups in total. The van der Waals surface area contributed by atoms with Gasteiger partial charge in [0.05, 0.1) is 10.5 Å². The van der Waals surface area contributed by atoms with Crippen LogP contribution >= 0.6 is 0 Å². The summed E-state index contributed by atoms with van der Waals surface area (Å²) in [4.78, 5) is 10.9. The van der Waals surface area contributed by atoms with E-state index in [2.05, 4.69) is 0 Å². The molecule has 0 aliphatic heterocycles. The van der Waals surface area contributed by atoms with Gasteiger partial charge in [0.2, 0.25) is 0 Å². The molecule has 4 nitrogen and oxygen atoms in total. The first-order chi connectivity index (χ1) is 10.1. The SMILES string of the molecule is CCCCC(C)c1cc(C(F)F)c(C(=O)O)cc1S(C)(=O)=O. The first kappa shape index (κ1) is 18.5. The van der Waals surface area contributed by atoms with Gasteiger partial charge in [-0.3, -0.25) is 0 Å². The summed E-state index contributed by atoms with van der Waals surface area (Å²) >= 11 is 0. The summed E-state index contributed by atoms with van der Waals surface area (Å²) < 4.78 is 50.0. The minimum atomic E-state index is -3.71. The standard InChI is InChI=1S/C15H20F2O4S/c1-4-5-6-9(2)10-7-11(14(16)17)12(15(18)19)8-13(10)22(3,20)21/h7-9,14H,4-6H2,1-3H3,(H,18,19). The molecule has 22 heavy (non-hydrogen) atoms. The lowest BCUT2D eigenvalue weighted by molar-refractivity contribution is 0.0684. The highest BCUT2D eigenvalue weighted by atomic mass is 32.2. The Labute approximate surface area is 129 Å². The second-order valence-corrected chi connectivity index (χ2v) is 7.38. The fraction of sp³-hybridized carbons (Fsp3) is 0.533. The molecule has 1 unspecified atom stereocenters. The van der Waals surface area contributed by atoms with E-state index in [1.165, 1.54) is 0 Å². The molecule has 124 valence electrons. The lowest BCUT2D eigenvalue weighted by Crippen LogP contribution is -2.12. The highest BCUT2D eigenvalue weighted by molar-refractivity contribution is 7.90. The monoisotopic (exact) mass is 334 g/mol. The van der Waals surface area contributed by atoms with E-state index in [1.54, 1.807) is 6.92 Å². The van der Waals surface area contributed by atoms with E-state index in [-0.39, 0.29) is 16.4 Å². The Morgan fingerprint density at radius 3 is 2.27 bits per heavy atom. The fourth-order valence-corrected chi connectivity index (χ4v) is 3.37. The number of carbonyl (C=O) groups is 1. The van der Waals surface area contributed by atoms with Crippen molar-refractivity contribution in [2.75, 3.05) is 6.26 Å². The second-order valence-electron chi connectivity index (χ2n) is 5.40. The van der Waals surface area contributed by atoms with Crippen LogP contribution in [-0.4, -0.2) is 25.7 Å². The number of aromatic carboxylic acids is 1. The zero-order chi connectivity index (χ0) is 17.1. The van der Waals surface area contributed by atoms with E-state index in [4.69, 9.17) is 5.11 Å². The van der Waals surface area contributed by atoms with E-state index < -0.39 is 33.4 Å². The summed E-state index contributed by atoms with van der Waals surface area (Å²) in [6.07, 6.45) is 0.347. The van der Waals surface area contributed by atoms with Gasteiger partial charge in [-0.25, -0.2) is 22.0 Å². The van der Waals surface area contributed by atoms with Crippen LogP contribution in [0.2, 0.25) is 0 Å². The van der Waals surface area contributed by atoms with E-state index in [9.17, 15) is 22.0 Å². The van der Waals surface area contributed by atoms with Crippen LogP contribution < -0.4 is 0 Å². The Balaban J connectivity index is 3.58. The molecule has 0 aliphatic rings. The Morgan fingerprint density at radius 1 is 1.27 bits per heavy atom. The number of halogens is 2. The molecular weight excluding hydrogens is 314 g/mol. The van der Waals surface area contributed by atoms with Crippen molar-refractivity contribution in [3.63, 3.8) is 0 Å². The van der Waals surface area contributed by atoms with E-state index >= 15 is 0 Å². The Hall–Kier alpha value is -1.50. The lowest BCUT2D eigenvalue weighted by Gasteiger charge is -2.18. The largest absolute Gasteiger partial charge is 0.478 e. The van der Waals surface area contributed by atoms with Crippen molar-refractivity contribution in [3.05, 3.63) is 28.8 Å². The summed E-state index contributed by atoms with van der Waals surface area (Å²) in [6.45, 7) is 3.73. The molecule has 0 amide bonds. The third-order valence-electron chi connectivity index (χ3n) is 3.57. The number of carboxylic acid groups (broad SMARTS) is 1. The second kappa shape index (κ2) is 7.17. The van der Waals surface area contributed by atoms with Crippen LogP contribution in [0.5, 0.6) is 0 Å². The van der Waals surface area contributed by atoms with Gasteiger partial charge in [-0.15, -0.1) is 0 Å². The van der Waals surface area contributed by atoms with Gasteiger partial charge >= 0.3 is 5.97 Å². The average Bonchev–Trinajstić information content (AvgIpc) is 2.41. The van der Waals surface area contributed by atoms with Gasteiger partial charge in [0.25, 0.3) is 6.43 Å². The third-order valence-corrected chi connectivity index (χ3v) is 4.72. The molecular formula is C15H20F2O4S. The van der Waals surface area contributed by atoms with Crippen molar-refractivity contribution in [3.8, 4) is 0 Å². The molecule has 0 saturated heterocycles. The van der Waals surface area contributed by atoms with Crippen LogP contribution in [0.1, 0.15) is 66.9 Å². The first-order valence-electron chi connectivity index (χ1n) is 6.98. The number of benzene rings is 1. The van der Waals surface area contributed by atoms with Crippen molar-refractivity contribution >= 4 is 15.8 Å². The number of rotatable bonds is 7. The van der Waals surface area contributed by atoms with Crippen molar-refractivity contribution in [2.45, 2.75) is 50.3 Å². The minimum Gasteiger partial charge on any atom is -0.478 e. The van der Waals surface area contributed by atoms with E-state index in [0.29, 0.717) is 6.42 Å². The number of hydrogen-bond donors (Lipinski definition) is 1. The molecule has 0 aromatic heterocycles. The number of sulfone groups is 1. The predicted molar refractivity (Wildman–Crippen MR) is 79.4 cm³/mol. The quantitative estimate of drug-likeness (QED) is 0.817. The normalized spacial score (nSPS) is 13.4. The first-order valence-corrected chi connectivity index (χ1v) is 8.88. The van der Waals surface area contributed by atoms with Crippen LogP contribution in [0.25, 0.3) is 0 Å². The van der Waals surface area contributed by atoms with Crippen LogP contribution in [-0.2, 0) is 9.84 Å². The van der Waals surface area contributed by atoms with Gasteiger partial charge < -0.3 is 5.11 Å². The average molecular weight is 334 g/mol. The van der Waals surface area contributed by atoms with E-state index in [0.717, 1.165) is 31.2 Å². The number of unbranched alkanes of at least 4 members (excludes halogenated alkanes) is 1. The molecule has 0 aliphatic carbocycles. The van der Waals surface area contributed by atoms with Crippen LogP contribution in [0.3, 0.4) is 0 Å². The highest BCUT2D eigenvalue weighted by Crippen LogP contribution is 2.34. The zero-order valence-electron chi connectivity index (χ0n) is 12.8. The fourth-order valence-electron chi connectivity index (χ4n) is 2.35. The maximum absolute atomic E-state index is 13.1. The van der Waals surface area contributed by atoms with Gasteiger partial charge in [-0.1, -0.05) is 26.7 Å². The van der Waals surface area contributed by atoms with Crippen molar-refractivity contribution in [2.24, 2.45) is 0 Å². The molecule has 0 spiro atoms. The van der Waals surface area contributed by atoms with Gasteiger partial charge in [0.15, 0.2) is 9.84 Å². The van der Waals surface area contributed by atoms with Crippen molar-refractivity contribution in [1.82, 2.24) is 0 Å². The molecule has 0 saturated carbocycles. The van der Waals surface area contributed by atoms with Crippen molar-refractivity contribution in [1.29, 1.82) is 0 Å². The molecule has 1 rings (SSSR count). The predicted octanol–water partition coefficient (Wildman–Crippen LogP) is 4.02. The highest BCUT2D eigenvalue weighted by Gasteiger charge is 2.26. The topological polar surface area (TPSA) is 71.4 Å². The molecule has 1 aromatic carbocycles. The molecule has 0 heterocycles. The number of hydrogen-bond acceptors (Lipinski definition) is 3. The Kier molecular flexibility index (Phi) is 6.05. The molecule has 7 heteroatoms. The summed E-state index contributed by atoms with van der Waals surface area (Å²) in [5, 5.41) is 9.05. The lowest BCUT2D eigenvalue weighted by atomic mass is 9.92. The van der Waals surface area contributed by atoms with Gasteiger partial charge in [-0.2, -0.15) is 0 Å². The van der Waals surface area contributed by atoms with Gasteiger partial charge in [0, 0.05) is 11.8 Å². The number of alkyl halides is 2. The molecule has 1 atom stereocenters. The van der Waals surface area contributed by atoms with Gasteiger partial charge in [-0.05, 0) is 30.0 Å². The van der Waals surface area contributed by atoms with Crippen LogP contribution in [0.15, 0.2) is 17.0 Å². The van der Waals surface area contributed by atoms with E-state index in [1.807, 2.05) is 6.92 Å². The molecule has 0 radical (unpaired) electrons. The molecule has 1 aromatic rings. The zero-order valence-corrected chi connectivity index (χ0v) is 13.6. The number of carboxylic acids is 1. The third kappa shape index (κ3) is 4.25. The summed E-state index contributed by atoms with van der Waals surface area (Å²) in [7, 11) is -3.71. The van der Waals surface area contributed by atoms with Crippen LogP contribution in [0.4, 0.5) is 8.78 Å². The molecule has 0 bridgehead atoms. The Morgan fingerprint density at radius 2 is 1.86 bits per heavy atom. The maximum atomic E-state index is 13.1. The van der Waals surface area contributed by atoms with Gasteiger partial charge in [0.1, 0.15) is 0 Å².